The van der Waals surface area contributed by atoms with E-state index < -0.39 is 0 Å². The highest BCUT2D eigenvalue weighted by molar-refractivity contribution is 6.10. The number of allylic oxidation sites excluding steroid dienone is 5. The van der Waals surface area contributed by atoms with Crippen LogP contribution < -0.4 is 5.32 Å². The summed E-state index contributed by atoms with van der Waals surface area (Å²) in [5, 5.41) is 3.65. The smallest absolute Gasteiger partial charge is 0.0725 e. The number of aliphatic imine (C=N–C) groups is 1. The Hall–Kier alpha value is -2.09. The van der Waals surface area contributed by atoms with Gasteiger partial charge in [0.2, 0.25) is 0 Å². The molecule has 1 aromatic rings. The highest BCUT2D eigenvalue weighted by Crippen LogP contribution is 2.18. The Morgan fingerprint density at radius 2 is 1.92 bits per heavy atom. The van der Waals surface area contributed by atoms with Gasteiger partial charge >= 0.3 is 0 Å². The molecular weight excluding hydrogens is 316 g/mol. The summed E-state index contributed by atoms with van der Waals surface area (Å²) in [6.07, 6.45) is 7.59. The van der Waals surface area contributed by atoms with Crippen LogP contribution >= 0.6 is 0 Å². The summed E-state index contributed by atoms with van der Waals surface area (Å²) in [5.41, 5.74) is 6.82. The fourth-order valence-electron chi connectivity index (χ4n) is 2.59. The molecule has 0 bridgehead atoms. The van der Waals surface area contributed by atoms with Crippen molar-refractivity contribution in [2.75, 3.05) is 6.54 Å². The van der Waals surface area contributed by atoms with Gasteiger partial charge in [0, 0.05) is 23.5 Å². The number of benzene rings is 1. The number of hydrogen-bond donors (Lipinski definition) is 1. The van der Waals surface area contributed by atoms with E-state index in [0.29, 0.717) is 5.92 Å². The maximum absolute atomic E-state index is 4.97. The lowest BCUT2D eigenvalue weighted by Crippen LogP contribution is -2.21. The quantitative estimate of drug-likeness (QED) is 0.287. The molecule has 1 aromatic carbocycles. The molecule has 1 unspecified atom stereocenters. The van der Waals surface area contributed by atoms with Crippen molar-refractivity contribution in [1.82, 2.24) is 5.32 Å². The number of nitrogens with one attached hydrogen (secondary N) is 1. The second-order valence-corrected chi connectivity index (χ2v) is 6.97. The van der Waals surface area contributed by atoms with Crippen molar-refractivity contribution in [3.8, 4) is 0 Å². The lowest BCUT2D eigenvalue weighted by Gasteiger charge is -2.18. The largest absolute Gasteiger partial charge is 0.388 e. The summed E-state index contributed by atoms with van der Waals surface area (Å²) in [4.78, 5) is 4.97. The molecule has 142 valence electrons. The van der Waals surface area contributed by atoms with Crippen LogP contribution in [0.1, 0.15) is 65.0 Å². The number of unbranched alkanes of at least 4 members (excludes halogenated alkanes) is 1. The normalized spacial score (nSPS) is 14.7. The van der Waals surface area contributed by atoms with Gasteiger partial charge in [0.25, 0.3) is 0 Å². The predicted molar refractivity (Wildman–Crippen MR) is 117 cm³/mol. The molecule has 0 aromatic heterocycles. The molecule has 2 heteroatoms. The van der Waals surface area contributed by atoms with E-state index in [1.54, 1.807) is 0 Å². The Morgan fingerprint density at radius 1 is 1.23 bits per heavy atom. The molecule has 0 aliphatic heterocycles. The van der Waals surface area contributed by atoms with Gasteiger partial charge in [-0.1, -0.05) is 64.1 Å². The van der Waals surface area contributed by atoms with Crippen molar-refractivity contribution in [2.24, 2.45) is 10.9 Å². The van der Waals surface area contributed by atoms with Crippen molar-refractivity contribution >= 4 is 5.71 Å². The number of nitrogens with zero attached hydrogens (tertiary/aromatic N) is 1. The van der Waals surface area contributed by atoms with Crippen LogP contribution in [0.5, 0.6) is 0 Å². The minimum absolute atomic E-state index is 0.478. The SMILES string of the molecule is C=C/C(C)=C(C)/N=C(/C=C(/NCCCC)C(C)CC)c1ccccc1C. The summed E-state index contributed by atoms with van der Waals surface area (Å²) >= 11 is 0. The Bertz CT molecular complexity index is 677. The third-order valence-electron chi connectivity index (χ3n) is 4.88. The van der Waals surface area contributed by atoms with Crippen LogP contribution in [0, 0.1) is 12.8 Å². The summed E-state index contributed by atoms with van der Waals surface area (Å²) < 4.78 is 0. The van der Waals surface area contributed by atoms with Gasteiger partial charge in [-0.3, -0.25) is 4.99 Å². The number of aryl methyl sites for hydroxylation is 1. The summed E-state index contributed by atoms with van der Waals surface area (Å²) in [6.45, 7) is 17.9. The molecule has 0 spiro atoms. The number of rotatable bonds is 10. The van der Waals surface area contributed by atoms with Crippen molar-refractivity contribution in [1.29, 1.82) is 0 Å². The fraction of sp³-hybridized carbons (Fsp3) is 0.458. The molecule has 0 heterocycles. The van der Waals surface area contributed by atoms with Gasteiger partial charge < -0.3 is 5.32 Å². The van der Waals surface area contributed by atoms with Crippen LogP contribution in [0.4, 0.5) is 0 Å². The van der Waals surface area contributed by atoms with Gasteiger partial charge in [0.1, 0.15) is 0 Å². The molecule has 0 fully saturated rings. The van der Waals surface area contributed by atoms with Gasteiger partial charge in [0.15, 0.2) is 0 Å². The molecule has 0 radical (unpaired) electrons. The van der Waals surface area contributed by atoms with Gasteiger partial charge in [-0.15, -0.1) is 0 Å². The molecular formula is C24H36N2. The molecule has 0 saturated heterocycles. The van der Waals surface area contributed by atoms with Gasteiger partial charge in [-0.05, 0) is 56.7 Å². The predicted octanol–water partition coefficient (Wildman–Crippen LogP) is 6.58. The lowest BCUT2D eigenvalue weighted by atomic mass is 9.98. The average molecular weight is 353 g/mol. The molecule has 1 rings (SSSR count). The first kappa shape index (κ1) is 22.0. The Morgan fingerprint density at radius 3 is 2.50 bits per heavy atom. The summed E-state index contributed by atoms with van der Waals surface area (Å²) in [7, 11) is 0. The van der Waals surface area contributed by atoms with Crippen LogP contribution in [0.2, 0.25) is 0 Å². The second kappa shape index (κ2) is 11.5. The van der Waals surface area contributed by atoms with E-state index in [2.05, 4.69) is 83.8 Å². The zero-order chi connectivity index (χ0) is 19.5. The molecule has 1 atom stereocenters. The molecule has 1 N–H and O–H groups in total. The van der Waals surface area contributed by atoms with Crippen LogP contribution in [-0.4, -0.2) is 12.3 Å². The van der Waals surface area contributed by atoms with Crippen LogP contribution in [0.15, 0.2) is 65.0 Å². The maximum atomic E-state index is 4.97. The minimum Gasteiger partial charge on any atom is -0.388 e. The van der Waals surface area contributed by atoms with Crippen molar-refractivity contribution in [2.45, 2.75) is 60.8 Å². The van der Waals surface area contributed by atoms with Crippen molar-refractivity contribution < 1.29 is 0 Å². The maximum Gasteiger partial charge on any atom is 0.0725 e. The molecule has 2 nitrogen and oxygen atoms in total. The lowest BCUT2D eigenvalue weighted by molar-refractivity contribution is 0.576. The van der Waals surface area contributed by atoms with Crippen LogP contribution in [-0.2, 0) is 0 Å². The van der Waals surface area contributed by atoms with Crippen molar-refractivity contribution in [3.05, 3.63) is 71.1 Å². The summed E-state index contributed by atoms with van der Waals surface area (Å²) in [6, 6.07) is 8.46. The first-order valence-corrected chi connectivity index (χ1v) is 9.84. The average Bonchev–Trinajstić information content (AvgIpc) is 2.65. The van der Waals surface area contributed by atoms with E-state index in [9.17, 15) is 0 Å². The second-order valence-electron chi connectivity index (χ2n) is 6.97. The minimum atomic E-state index is 0.478. The van der Waals surface area contributed by atoms with Gasteiger partial charge in [-0.25, -0.2) is 0 Å². The molecule has 0 aliphatic carbocycles. The fourth-order valence-corrected chi connectivity index (χ4v) is 2.59. The monoisotopic (exact) mass is 352 g/mol. The molecule has 0 amide bonds. The topological polar surface area (TPSA) is 24.4 Å². The van der Waals surface area contributed by atoms with Crippen LogP contribution in [0.25, 0.3) is 0 Å². The van der Waals surface area contributed by atoms with E-state index in [1.807, 2.05) is 6.08 Å². The Kier molecular flexibility index (Phi) is 9.72. The van der Waals surface area contributed by atoms with E-state index in [1.165, 1.54) is 29.7 Å². The van der Waals surface area contributed by atoms with Crippen LogP contribution in [0.3, 0.4) is 0 Å². The third-order valence-corrected chi connectivity index (χ3v) is 4.88. The van der Waals surface area contributed by atoms with E-state index in [-0.39, 0.29) is 0 Å². The number of hydrogen-bond acceptors (Lipinski definition) is 2. The van der Waals surface area contributed by atoms with E-state index >= 15 is 0 Å². The molecule has 26 heavy (non-hydrogen) atoms. The first-order valence-electron chi connectivity index (χ1n) is 9.84. The Labute approximate surface area is 160 Å². The summed E-state index contributed by atoms with van der Waals surface area (Å²) in [5.74, 6) is 0.478. The van der Waals surface area contributed by atoms with Crippen molar-refractivity contribution in [3.63, 3.8) is 0 Å². The molecule has 0 saturated carbocycles. The van der Waals surface area contributed by atoms with E-state index in [4.69, 9.17) is 4.99 Å². The van der Waals surface area contributed by atoms with Gasteiger partial charge in [0.05, 0.1) is 5.71 Å². The highest BCUT2D eigenvalue weighted by atomic mass is 14.9. The van der Waals surface area contributed by atoms with E-state index in [0.717, 1.165) is 29.9 Å². The molecule has 0 aliphatic rings. The highest BCUT2D eigenvalue weighted by Gasteiger charge is 2.11. The van der Waals surface area contributed by atoms with Gasteiger partial charge in [-0.2, -0.15) is 0 Å². The first-order chi connectivity index (χ1) is 12.4. The third kappa shape index (κ3) is 6.67. The Balaban J connectivity index is 3.44. The zero-order valence-corrected chi connectivity index (χ0v) is 17.5. The zero-order valence-electron chi connectivity index (χ0n) is 17.5. The standard InChI is InChI=1S/C24H36N2/c1-8-11-16-25-23(19(5)10-3)17-24(26-21(7)18(4)9-2)22-15-13-12-14-20(22)6/h9,12-15,17,19,25H,2,8,10-11,16H2,1,3-7H3/b21-18+,23-17+,26-24-.